The minimum absolute atomic E-state index is 0.0245. The van der Waals surface area contributed by atoms with Gasteiger partial charge in [0.15, 0.2) is 37.6 Å². The van der Waals surface area contributed by atoms with Gasteiger partial charge in [0.25, 0.3) is 0 Å². The largest absolute Gasteiger partial charge is 0.479 e. The second kappa shape index (κ2) is 25.4. The number of aliphatic hydroxyl groups excluding tert-OH is 17. The molecule has 29 nitrogen and oxygen atoms in total. The molecule has 29 heteroatoms. The van der Waals surface area contributed by atoms with Gasteiger partial charge >= 0.3 is 5.97 Å². The van der Waals surface area contributed by atoms with Gasteiger partial charge in [-0.2, -0.15) is 0 Å². The van der Waals surface area contributed by atoms with E-state index in [1.165, 1.54) is 5.57 Å². The van der Waals surface area contributed by atoms with Gasteiger partial charge in [0, 0.05) is 10.8 Å². The molecule has 0 aromatic rings. The third kappa shape index (κ3) is 11.2. The molecule has 0 spiro atoms. The molecule has 0 amide bonds. The van der Waals surface area contributed by atoms with Crippen LogP contribution in [-0.4, -0.2) is 297 Å². The Kier molecular flexibility index (Phi) is 19.9. The summed E-state index contributed by atoms with van der Waals surface area (Å²) in [5.74, 6) is -2.05. The van der Waals surface area contributed by atoms with Gasteiger partial charge in [0.05, 0.1) is 51.3 Å². The molecule has 5 heterocycles. The molecule has 5 aliphatic heterocycles. The van der Waals surface area contributed by atoms with Crippen molar-refractivity contribution in [3.63, 3.8) is 0 Å². The Morgan fingerprint density at radius 3 is 1.60 bits per heavy atom. The minimum Gasteiger partial charge on any atom is -0.479 e. The van der Waals surface area contributed by atoms with Gasteiger partial charge in [0.2, 0.25) is 0 Å². The highest BCUT2D eigenvalue weighted by atomic mass is 16.8. The van der Waals surface area contributed by atoms with Crippen LogP contribution in [0.5, 0.6) is 0 Å². The molecule has 0 unspecified atom stereocenters. The predicted molar refractivity (Wildman–Crippen MR) is 293 cm³/mol. The molecule has 0 bridgehead atoms. The lowest BCUT2D eigenvalue weighted by atomic mass is 9.33. The lowest BCUT2D eigenvalue weighted by Gasteiger charge is -2.72. The molecule has 10 rings (SSSR count). The fourth-order valence-electron chi connectivity index (χ4n) is 17.9. The molecular formula is C59H96O29. The lowest BCUT2D eigenvalue weighted by Crippen LogP contribution is -2.69. The van der Waals surface area contributed by atoms with Crippen molar-refractivity contribution < 1.29 is 144 Å². The summed E-state index contributed by atoms with van der Waals surface area (Å²) < 4.78 is 60.2. The fraction of sp³-hybridized carbons (Fsp3) is 0.949. The van der Waals surface area contributed by atoms with Crippen molar-refractivity contribution in [3.05, 3.63) is 11.6 Å². The SMILES string of the molecule is CC1(C)C[C@H]2C3=CC[C@H]4[C@@]5(C)CC[C@@H](O[C@@H]6O[C@H](C(=O)O)[C@H](O)[C@H](O)[C@H]6O[C@@H]6O[C@H](CO)[C@@H](O)[C@@H](O)[C@@H]6O[C@@H]6O[C@@H](CO)[C@@H](O)[C@H](O)[C@H]6O)[C@](C)(CO)[C@H]5CC[C@@]4(C)[C@]3(C)CC[C@]2(C)[C@@H](O[C@H]2OC[C@H](O)[C@H](O[C@H]3O[C@@H](CO)[C@@H](O)[C@H](O)[C@H]3O)[C@@H]2O)[C@@H]1O. The van der Waals surface area contributed by atoms with Crippen molar-refractivity contribution in [1.82, 2.24) is 0 Å². The molecule has 0 aromatic carbocycles. The summed E-state index contributed by atoms with van der Waals surface area (Å²) in [6, 6.07) is 0. The molecule has 0 aromatic heterocycles. The number of rotatable bonds is 15. The zero-order chi connectivity index (χ0) is 64.4. The first-order valence-corrected chi connectivity index (χ1v) is 31.0. The number of hydrogen-bond donors (Lipinski definition) is 18. The van der Waals surface area contributed by atoms with Crippen molar-refractivity contribution in [2.45, 2.75) is 266 Å². The highest BCUT2D eigenvalue weighted by molar-refractivity contribution is 5.73. The second-order valence-corrected chi connectivity index (χ2v) is 28.8. The first kappa shape index (κ1) is 69.0. The summed E-state index contributed by atoms with van der Waals surface area (Å²) in [5, 5.41) is 196. The first-order chi connectivity index (χ1) is 41.2. The highest BCUT2D eigenvalue weighted by Crippen LogP contribution is 2.76. The number of aliphatic hydroxyl groups is 17. The molecule has 5 aliphatic carbocycles. The molecule has 506 valence electrons. The number of allylic oxidation sites excluding steroid dienone is 2. The monoisotopic (exact) mass is 1270 g/mol. The molecule has 0 radical (unpaired) electrons. The maximum atomic E-state index is 12.6. The highest BCUT2D eigenvalue weighted by Gasteiger charge is 2.71. The molecule has 88 heavy (non-hydrogen) atoms. The Morgan fingerprint density at radius 2 is 1.05 bits per heavy atom. The van der Waals surface area contributed by atoms with Crippen molar-refractivity contribution in [3.8, 4) is 0 Å². The van der Waals surface area contributed by atoms with Gasteiger partial charge in [-0.25, -0.2) is 4.79 Å². The van der Waals surface area contributed by atoms with Crippen LogP contribution in [0, 0.1) is 50.2 Å². The number of carboxylic acid groups (broad SMARTS) is 1. The number of fused-ring (bicyclic) bond motifs is 7. The zero-order valence-electron chi connectivity index (χ0n) is 50.6. The van der Waals surface area contributed by atoms with E-state index >= 15 is 0 Å². The number of aliphatic carboxylic acids is 1. The summed E-state index contributed by atoms with van der Waals surface area (Å²) in [7, 11) is 0. The summed E-state index contributed by atoms with van der Waals surface area (Å²) in [6.07, 6.45) is -39.2. The van der Waals surface area contributed by atoms with Crippen LogP contribution in [-0.2, 0) is 52.2 Å². The second-order valence-electron chi connectivity index (χ2n) is 28.8. The van der Waals surface area contributed by atoms with E-state index in [4.69, 9.17) is 47.4 Å². The van der Waals surface area contributed by atoms with E-state index in [0.29, 0.717) is 44.9 Å². The summed E-state index contributed by atoms with van der Waals surface area (Å²) in [5.41, 5.74) is -2.58. The number of carbonyl (C=O) groups is 1. The lowest BCUT2D eigenvalue weighted by molar-refractivity contribution is -0.397. The quantitative estimate of drug-likeness (QED) is 0.0539. The maximum absolute atomic E-state index is 12.6. The minimum atomic E-state index is -2.17. The van der Waals surface area contributed by atoms with E-state index in [9.17, 15) is 96.7 Å². The van der Waals surface area contributed by atoms with E-state index < -0.39 is 225 Å². The molecular weight excluding hydrogens is 1170 g/mol. The van der Waals surface area contributed by atoms with Crippen LogP contribution < -0.4 is 0 Å². The topological polar surface area (TPSA) is 474 Å². The Hall–Kier alpha value is -1.87. The van der Waals surface area contributed by atoms with Gasteiger partial charge in [-0.3, -0.25) is 0 Å². The van der Waals surface area contributed by atoms with Crippen LogP contribution in [0.25, 0.3) is 0 Å². The Labute approximate surface area is 509 Å². The van der Waals surface area contributed by atoms with E-state index in [1.807, 2.05) is 20.8 Å². The van der Waals surface area contributed by atoms with Crippen LogP contribution in [0.3, 0.4) is 0 Å². The van der Waals surface area contributed by atoms with E-state index in [0.717, 1.165) is 0 Å². The van der Waals surface area contributed by atoms with Crippen LogP contribution in [0.4, 0.5) is 0 Å². The standard InChI is InChI=1S/C59H96O29/c1-54(2)16-23-22-8-9-29-56(4)12-11-30(83-53-45(38(72)37(71)43(85-53)48(77)78)87-52-44(36(70)33(67)27(19-62)82-52)86-51-40(74)35(69)32(66)26(18-61)81-51)57(5,21-63)28(56)10-13-59(29,7)58(22,6)15-14-55(23,3)47(46(54)76)88-49-41(75)42(24(64)20-79-49)84-50-39(73)34(68)31(65)25(17-60)80-50/h8,23-47,49-53,60-76H,9-21H2,1-7H3,(H,77,78)/t23-,24-,25-,26-,27+,28-,29-,30+,31+,32+,33+,34-,35-,36+,37+,38-,39+,40+,41-,42-,43-,44-,45+,46-,47-,49+,50+,51-,52-,53+,55-,56-,57+,58+,59+/m0/s1. The Bertz CT molecular complexity index is 2460. The van der Waals surface area contributed by atoms with E-state index in [-0.39, 0.29) is 36.2 Å². The van der Waals surface area contributed by atoms with Gasteiger partial charge in [-0.15, -0.1) is 0 Å². The first-order valence-electron chi connectivity index (χ1n) is 31.0. The third-order valence-corrected chi connectivity index (χ3v) is 23.6. The number of ether oxygens (including phenoxy) is 10. The maximum Gasteiger partial charge on any atom is 0.335 e. The van der Waals surface area contributed by atoms with Crippen molar-refractivity contribution in [2.24, 2.45) is 50.2 Å². The van der Waals surface area contributed by atoms with Gasteiger partial charge in [-0.05, 0) is 90.8 Å². The van der Waals surface area contributed by atoms with Gasteiger partial charge < -0.3 is 139 Å². The fourth-order valence-corrected chi connectivity index (χ4v) is 17.9. The van der Waals surface area contributed by atoms with E-state index in [1.54, 1.807) is 0 Å². The normalized spacial score (nSPS) is 55.5. The summed E-state index contributed by atoms with van der Waals surface area (Å²) in [4.78, 5) is 12.6. The summed E-state index contributed by atoms with van der Waals surface area (Å²) in [6.45, 7) is 11.5. The van der Waals surface area contributed by atoms with Crippen molar-refractivity contribution >= 4 is 5.97 Å². The average molecular weight is 1270 g/mol. The number of hydrogen-bond acceptors (Lipinski definition) is 28. The van der Waals surface area contributed by atoms with Gasteiger partial charge in [-0.1, -0.05) is 60.1 Å². The molecule has 35 atom stereocenters. The Morgan fingerprint density at radius 1 is 0.523 bits per heavy atom. The molecule has 18 N–H and O–H groups in total. The third-order valence-electron chi connectivity index (χ3n) is 23.6. The van der Waals surface area contributed by atoms with Crippen LogP contribution in [0.2, 0.25) is 0 Å². The van der Waals surface area contributed by atoms with Crippen LogP contribution in [0.15, 0.2) is 11.6 Å². The number of carboxylic acids is 1. The smallest absolute Gasteiger partial charge is 0.335 e. The van der Waals surface area contributed by atoms with Gasteiger partial charge in [0.1, 0.15) is 110 Å². The predicted octanol–water partition coefficient (Wildman–Crippen LogP) is -5.06. The molecule has 10 aliphatic rings. The molecule has 9 fully saturated rings. The zero-order valence-corrected chi connectivity index (χ0v) is 50.6. The van der Waals surface area contributed by atoms with E-state index in [2.05, 4.69) is 33.8 Å². The summed E-state index contributed by atoms with van der Waals surface area (Å²) >= 11 is 0. The van der Waals surface area contributed by atoms with Crippen LogP contribution in [0.1, 0.15) is 99.8 Å². The average Bonchev–Trinajstić information content (AvgIpc) is 0.677. The molecule has 5 saturated heterocycles. The molecule has 4 saturated carbocycles. The van der Waals surface area contributed by atoms with Crippen molar-refractivity contribution in [2.75, 3.05) is 33.0 Å². The van der Waals surface area contributed by atoms with Crippen LogP contribution >= 0.6 is 0 Å². The Balaban J connectivity index is 0.892. The van der Waals surface area contributed by atoms with Crippen molar-refractivity contribution in [1.29, 1.82) is 0 Å².